The van der Waals surface area contributed by atoms with Gasteiger partial charge in [0.25, 0.3) is 5.91 Å². The summed E-state index contributed by atoms with van der Waals surface area (Å²) in [5, 5.41) is 2.16. The van der Waals surface area contributed by atoms with Crippen LogP contribution < -0.4 is 10.2 Å². The lowest BCUT2D eigenvalue weighted by atomic mass is 10.2. The summed E-state index contributed by atoms with van der Waals surface area (Å²) in [5.74, 6) is -4.56. The highest BCUT2D eigenvalue weighted by atomic mass is 19.2. The monoisotopic (exact) mass is 352 g/mol. The highest BCUT2D eigenvalue weighted by Gasteiger charge is 2.17. The molecular formula is C17H19F3N4O. The van der Waals surface area contributed by atoms with E-state index in [1.807, 2.05) is 18.7 Å². The molecule has 0 fully saturated rings. The lowest BCUT2D eigenvalue weighted by Crippen LogP contribution is -2.26. The standard InChI is InChI=1S/C17H19F3N4O/c1-3-7-24(8-4-2)14-10-21-13(9-22-14)17(25)23-12-6-5-11(18)15(19)16(12)20/h5-6,9-10H,3-4,7-8H2,1-2H3,(H,23,25). The van der Waals surface area contributed by atoms with E-state index in [2.05, 4.69) is 15.3 Å². The van der Waals surface area contributed by atoms with E-state index in [1.165, 1.54) is 12.4 Å². The Balaban J connectivity index is 2.14. The summed E-state index contributed by atoms with van der Waals surface area (Å²) in [5.41, 5.74) is -0.519. The summed E-state index contributed by atoms with van der Waals surface area (Å²) < 4.78 is 39.7. The van der Waals surface area contributed by atoms with Crippen LogP contribution in [-0.2, 0) is 0 Å². The van der Waals surface area contributed by atoms with Gasteiger partial charge in [-0.1, -0.05) is 13.8 Å². The zero-order valence-corrected chi connectivity index (χ0v) is 14.0. The first-order valence-corrected chi connectivity index (χ1v) is 7.99. The highest BCUT2D eigenvalue weighted by Crippen LogP contribution is 2.20. The first kappa shape index (κ1) is 18.7. The molecule has 0 spiro atoms. The Hall–Kier alpha value is -2.64. The normalized spacial score (nSPS) is 10.6. The predicted octanol–water partition coefficient (Wildman–Crippen LogP) is 3.77. The number of nitrogens with one attached hydrogen (secondary N) is 1. The molecule has 25 heavy (non-hydrogen) atoms. The largest absolute Gasteiger partial charge is 0.355 e. The van der Waals surface area contributed by atoms with Crippen molar-refractivity contribution in [3.05, 3.63) is 47.7 Å². The molecule has 1 heterocycles. The van der Waals surface area contributed by atoms with Crippen molar-refractivity contribution >= 4 is 17.4 Å². The minimum absolute atomic E-state index is 0.0548. The zero-order chi connectivity index (χ0) is 18.4. The minimum Gasteiger partial charge on any atom is -0.355 e. The van der Waals surface area contributed by atoms with E-state index in [1.54, 1.807) is 0 Å². The maximum Gasteiger partial charge on any atom is 0.275 e. The average molecular weight is 352 g/mol. The van der Waals surface area contributed by atoms with Crippen LogP contribution in [0, 0.1) is 17.5 Å². The lowest BCUT2D eigenvalue weighted by molar-refractivity contribution is 0.102. The number of hydrogen-bond acceptors (Lipinski definition) is 4. The third-order valence-corrected chi connectivity index (χ3v) is 3.47. The number of hydrogen-bond donors (Lipinski definition) is 1. The molecule has 8 heteroatoms. The van der Waals surface area contributed by atoms with Crippen LogP contribution in [0.5, 0.6) is 0 Å². The summed E-state index contributed by atoms with van der Waals surface area (Å²) in [7, 11) is 0. The van der Waals surface area contributed by atoms with Crippen LogP contribution in [0.3, 0.4) is 0 Å². The maximum atomic E-state index is 13.6. The number of anilines is 2. The van der Waals surface area contributed by atoms with Crippen molar-refractivity contribution in [2.75, 3.05) is 23.3 Å². The van der Waals surface area contributed by atoms with Crippen molar-refractivity contribution in [1.29, 1.82) is 0 Å². The van der Waals surface area contributed by atoms with Crippen molar-refractivity contribution in [3.8, 4) is 0 Å². The molecule has 134 valence electrons. The quantitative estimate of drug-likeness (QED) is 0.771. The fourth-order valence-electron chi connectivity index (χ4n) is 2.29. The number of rotatable bonds is 7. The van der Waals surface area contributed by atoms with Gasteiger partial charge >= 0.3 is 0 Å². The van der Waals surface area contributed by atoms with Gasteiger partial charge in [-0.3, -0.25) is 4.79 Å². The number of halogens is 3. The Morgan fingerprint density at radius 1 is 1.04 bits per heavy atom. The van der Waals surface area contributed by atoms with Crippen LogP contribution >= 0.6 is 0 Å². The Labute approximate surface area is 143 Å². The van der Waals surface area contributed by atoms with Crippen LogP contribution in [-0.4, -0.2) is 29.0 Å². The average Bonchev–Trinajstić information content (AvgIpc) is 2.62. The van der Waals surface area contributed by atoms with Crippen molar-refractivity contribution in [1.82, 2.24) is 9.97 Å². The molecule has 0 aliphatic heterocycles. The molecule has 1 amide bonds. The molecule has 2 aromatic rings. The molecule has 0 atom stereocenters. The van der Waals surface area contributed by atoms with Crippen molar-refractivity contribution in [2.45, 2.75) is 26.7 Å². The summed E-state index contributed by atoms with van der Waals surface area (Å²) in [6, 6.07) is 1.67. The molecular weight excluding hydrogens is 333 g/mol. The predicted molar refractivity (Wildman–Crippen MR) is 89.1 cm³/mol. The van der Waals surface area contributed by atoms with Gasteiger partial charge in [0.1, 0.15) is 11.5 Å². The van der Waals surface area contributed by atoms with Gasteiger partial charge in [-0.2, -0.15) is 0 Å². The Kier molecular flexibility index (Phi) is 6.32. The summed E-state index contributed by atoms with van der Waals surface area (Å²) >= 11 is 0. The molecule has 1 aromatic carbocycles. The molecule has 1 aromatic heterocycles. The second kappa shape index (κ2) is 8.46. The highest BCUT2D eigenvalue weighted by molar-refractivity contribution is 6.02. The van der Waals surface area contributed by atoms with Gasteiger partial charge in [-0.15, -0.1) is 0 Å². The van der Waals surface area contributed by atoms with Gasteiger partial charge in [0.15, 0.2) is 17.5 Å². The van der Waals surface area contributed by atoms with Crippen molar-refractivity contribution in [3.63, 3.8) is 0 Å². The molecule has 0 bridgehead atoms. The number of benzene rings is 1. The second-order valence-corrected chi connectivity index (χ2v) is 5.42. The Morgan fingerprint density at radius 3 is 2.28 bits per heavy atom. The van der Waals surface area contributed by atoms with E-state index in [0.29, 0.717) is 5.82 Å². The third-order valence-electron chi connectivity index (χ3n) is 3.47. The number of amides is 1. The number of carbonyl (C=O) groups excluding carboxylic acids is 1. The van der Waals surface area contributed by atoms with Gasteiger partial charge in [-0.25, -0.2) is 23.1 Å². The molecule has 2 rings (SSSR count). The maximum absolute atomic E-state index is 13.6. The van der Waals surface area contributed by atoms with Gasteiger partial charge < -0.3 is 10.2 Å². The SMILES string of the molecule is CCCN(CCC)c1cnc(C(=O)Nc2ccc(F)c(F)c2F)cn1. The van der Waals surface area contributed by atoms with Crippen molar-refractivity contribution in [2.24, 2.45) is 0 Å². The molecule has 0 saturated heterocycles. The third kappa shape index (κ3) is 4.46. The zero-order valence-electron chi connectivity index (χ0n) is 14.0. The van der Waals surface area contributed by atoms with Crippen LogP contribution in [0.1, 0.15) is 37.2 Å². The minimum atomic E-state index is -1.64. The van der Waals surface area contributed by atoms with Crippen molar-refractivity contribution < 1.29 is 18.0 Å². The fraction of sp³-hybridized carbons (Fsp3) is 0.353. The van der Waals surface area contributed by atoms with Gasteiger partial charge in [0, 0.05) is 13.1 Å². The van der Waals surface area contributed by atoms with E-state index < -0.39 is 29.0 Å². The van der Waals surface area contributed by atoms with Crippen LogP contribution in [0.25, 0.3) is 0 Å². The lowest BCUT2D eigenvalue weighted by Gasteiger charge is -2.22. The summed E-state index contributed by atoms with van der Waals surface area (Å²) in [4.78, 5) is 22.4. The Morgan fingerprint density at radius 2 is 1.72 bits per heavy atom. The smallest absolute Gasteiger partial charge is 0.275 e. The molecule has 0 unspecified atom stereocenters. The molecule has 1 N–H and O–H groups in total. The van der Waals surface area contributed by atoms with E-state index in [0.717, 1.165) is 38.1 Å². The van der Waals surface area contributed by atoms with E-state index in [9.17, 15) is 18.0 Å². The topological polar surface area (TPSA) is 58.1 Å². The fourth-order valence-corrected chi connectivity index (χ4v) is 2.29. The van der Waals surface area contributed by atoms with E-state index in [-0.39, 0.29) is 5.69 Å². The van der Waals surface area contributed by atoms with Gasteiger partial charge in [0.05, 0.1) is 18.1 Å². The number of carbonyl (C=O) groups is 1. The first-order valence-electron chi connectivity index (χ1n) is 7.99. The van der Waals surface area contributed by atoms with Crippen LogP contribution in [0.2, 0.25) is 0 Å². The molecule has 0 aliphatic rings. The van der Waals surface area contributed by atoms with Crippen LogP contribution in [0.4, 0.5) is 24.7 Å². The second-order valence-electron chi connectivity index (χ2n) is 5.42. The van der Waals surface area contributed by atoms with Gasteiger partial charge in [0.2, 0.25) is 0 Å². The van der Waals surface area contributed by atoms with E-state index in [4.69, 9.17) is 0 Å². The molecule has 0 aliphatic carbocycles. The molecule has 5 nitrogen and oxygen atoms in total. The Bertz CT molecular complexity index is 731. The van der Waals surface area contributed by atoms with Gasteiger partial charge in [-0.05, 0) is 25.0 Å². The number of nitrogens with zero attached hydrogens (tertiary/aromatic N) is 3. The first-order chi connectivity index (χ1) is 12.0. The molecule has 0 saturated carbocycles. The summed E-state index contributed by atoms with van der Waals surface area (Å²) in [6.07, 6.45) is 4.61. The van der Waals surface area contributed by atoms with Crippen LogP contribution in [0.15, 0.2) is 24.5 Å². The molecule has 0 radical (unpaired) electrons. The number of aromatic nitrogens is 2. The summed E-state index contributed by atoms with van der Waals surface area (Å²) in [6.45, 7) is 5.73. The van der Waals surface area contributed by atoms with E-state index >= 15 is 0 Å².